The third kappa shape index (κ3) is 3.67. The molecule has 0 aromatic heterocycles. The Morgan fingerprint density at radius 1 is 0.750 bits per heavy atom. The molecule has 1 nitrogen and oxygen atoms in total. The molecule has 0 atom stereocenters. The number of hydrogen-bond donors (Lipinski definition) is 0. The molecule has 146 valence electrons. The van der Waals surface area contributed by atoms with Crippen molar-refractivity contribution in [3.8, 4) is 0 Å². The Kier molecular flexibility index (Phi) is 7.34. The van der Waals surface area contributed by atoms with Crippen LogP contribution in [0.4, 0.5) is 0 Å². The van der Waals surface area contributed by atoms with Crippen molar-refractivity contribution >= 4 is 6.21 Å². The Balaban J connectivity index is 0.00000136. The second-order valence-electron chi connectivity index (χ2n) is 7.17. The first-order valence-corrected chi connectivity index (χ1v) is 10.1. The maximum atomic E-state index is 4.43. The molecule has 0 radical (unpaired) electrons. The normalized spacial score (nSPS) is 15.5. The maximum absolute atomic E-state index is 4.43. The summed E-state index contributed by atoms with van der Waals surface area (Å²) in [6.07, 6.45) is 4.39. The number of rotatable bonds is 4. The summed E-state index contributed by atoms with van der Waals surface area (Å²) < 4.78 is 0. The van der Waals surface area contributed by atoms with Gasteiger partial charge in [-0.05, 0) is 61.1 Å². The molecular formula is C27H33N. The molecule has 1 aliphatic carbocycles. The van der Waals surface area contributed by atoms with Crippen molar-refractivity contribution in [2.24, 2.45) is 4.99 Å². The average Bonchev–Trinajstić information content (AvgIpc) is 2.93. The van der Waals surface area contributed by atoms with Crippen LogP contribution < -0.4 is 0 Å². The van der Waals surface area contributed by atoms with E-state index in [1.807, 2.05) is 27.1 Å². The van der Waals surface area contributed by atoms with Crippen molar-refractivity contribution in [3.63, 3.8) is 0 Å². The van der Waals surface area contributed by atoms with Gasteiger partial charge in [0, 0.05) is 13.3 Å². The van der Waals surface area contributed by atoms with Crippen molar-refractivity contribution in [1.29, 1.82) is 0 Å². The molecule has 2 aromatic carbocycles. The Morgan fingerprint density at radius 2 is 1.18 bits per heavy atom. The molecule has 1 heteroatoms. The second kappa shape index (κ2) is 9.50. The van der Waals surface area contributed by atoms with Crippen LogP contribution in [0, 0.1) is 0 Å². The largest absolute Gasteiger partial charge is 0.296 e. The molecule has 2 aromatic rings. The lowest BCUT2D eigenvalue weighted by Crippen LogP contribution is -2.31. The molecule has 0 amide bonds. The van der Waals surface area contributed by atoms with Gasteiger partial charge in [0.1, 0.15) is 0 Å². The first-order chi connectivity index (χ1) is 13.5. The van der Waals surface area contributed by atoms with Gasteiger partial charge in [-0.15, -0.1) is 0 Å². The van der Waals surface area contributed by atoms with E-state index < -0.39 is 0 Å². The molecule has 1 aliphatic rings. The third-order valence-electron chi connectivity index (χ3n) is 5.28. The summed E-state index contributed by atoms with van der Waals surface area (Å²) in [4.78, 5) is 4.43. The zero-order valence-corrected chi connectivity index (χ0v) is 18.4. The van der Waals surface area contributed by atoms with Crippen molar-refractivity contribution in [1.82, 2.24) is 0 Å². The summed E-state index contributed by atoms with van der Waals surface area (Å²) in [5, 5.41) is 0. The zero-order valence-electron chi connectivity index (χ0n) is 18.4. The van der Waals surface area contributed by atoms with Gasteiger partial charge in [-0.2, -0.15) is 0 Å². The fraction of sp³-hybridized carbons (Fsp3) is 0.296. The Hall–Kier alpha value is -2.67. The first kappa shape index (κ1) is 21.6. The molecule has 0 bridgehead atoms. The van der Waals surface area contributed by atoms with Crippen molar-refractivity contribution in [2.75, 3.05) is 7.05 Å². The molecule has 0 aliphatic heterocycles. The van der Waals surface area contributed by atoms with Gasteiger partial charge in [0.2, 0.25) is 0 Å². The molecule has 0 N–H and O–H groups in total. The molecule has 0 spiro atoms. The minimum atomic E-state index is -0.326. The van der Waals surface area contributed by atoms with Crippen molar-refractivity contribution < 1.29 is 0 Å². The van der Waals surface area contributed by atoms with Crippen LogP contribution in [0.15, 0.2) is 99.6 Å². The summed E-state index contributed by atoms with van der Waals surface area (Å²) in [7, 11) is 1.86. The molecule has 0 fully saturated rings. The van der Waals surface area contributed by atoms with Crippen LogP contribution in [0.2, 0.25) is 0 Å². The van der Waals surface area contributed by atoms with Gasteiger partial charge in [0.05, 0.1) is 5.41 Å². The van der Waals surface area contributed by atoms with Crippen LogP contribution in [0.25, 0.3) is 0 Å². The maximum Gasteiger partial charge on any atom is 0.0721 e. The summed E-state index contributed by atoms with van der Waals surface area (Å²) >= 11 is 0. The summed E-state index contributed by atoms with van der Waals surface area (Å²) in [5.41, 5.74) is 8.81. The smallest absolute Gasteiger partial charge is 0.0721 e. The fourth-order valence-corrected chi connectivity index (χ4v) is 4.10. The van der Waals surface area contributed by atoms with Gasteiger partial charge < -0.3 is 0 Å². The lowest BCUT2D eigenvalue weighted by atomic mass is 9.66. The molecule has 0 saturated heterocycles. The lowest BCUT2D eigenvalue weighted by molar-refractivity contribution is 0.764. The zero-order chi connectivity index (χ0) is 20.7. The molecular weight excluding hydrogens is 338 g/mol. The van der Waals surface area contributed by atoms with Gasteiger partial charge >= 0.3 is 0 Å². The Morgan fingerprint density at radius 3 is 1.57 bits per heavy atom. The minimum absolute atomic E-state index is 0.326. The highest BCUT2D eigenvalue weighted by Crippen LogP contribution is 2.53. The summed E-state index contributed by atoms with van der Waals surface area (Å²) in [5.74, 6) is 0. The van der Waals surface area contributed by atoms with E-state index in [0.717, 1.165) is 0 Å². The molecule has 3 rings (SSSR count). The highest BCUT2D eigenvalue weighted by Gasteiger charge is 2.45. The van der Waals surface area contributed by atoms with E-state index in [2.05, 4.69) is 99.4 Å². The number of allylic oxidation sites excluding steroid dienone is 6. The van der Waals surface area contributed by atoms with Crippen LogP contribution in [-0.4, -0.2) is 13.3 Å². The highest BCUT2D eigenvalue weighted by molar-refractivity contribution is 5.92. The van der Waals surface area contributed by atoms with E-state index in [1.165, 1.54) is 39.0 Å². The molecule has 28 heavy (non-hydrogen) atoms. The SMILES string of the molecule is CC.CN=CC1=C(C)C(C)=C(C=C(C)C)C1(c1ccccc1)c1ccccc1. The topological polar surface area (TPSA) is 12.4 Å². The molecule has 0 saturated carbocycles. The van der Waals surface area contributed by atoms with Gasteiger partial charge in [-0.3, -0.25) is 4.99 Å². The number of nitrogens with zero attached hydrogens (tertiary/aromatic N) is 1. The highest BCUT2D eigenvalue weighted by atomic mass is 14.7. The summed E-state index contributed by atoms with van der Waals surface area (Å²) in [6.45, 7) is 12.8. The summed E-state index contributed by atoms with van der Waals surface area (Å²) in [6, 6.07) is 21.6. The quantitative estimate of drug-likeness (QED) is 0.500. The number of hydrogen-bond acceptors (Lipinski definition) is 1. The molecule has 0 heterocycles. The average molecular weight is 372 g/mol. The van der Waals surface area contributed by atoms with Gasteiger partial charge in [0.25, 0.3) is 0 Å². The minimum Gasteiger partial charge on any atom is -0.296 e. The van der Waals surface area contributed by atoms with Crippen LogP contribution in [-0.2, 0) is 5.41 Å². The van der Waals surface area contributed by atoms with E-state index in [0.29, 0.717) is 0 Å². The van der Waals surface area contributed by atoms with E-state index >= 15 is 0 Å². The van der Waals surface area contributed by atoms with Crippen LogP contribution in [0.5, 0.6) is 0 Å². The Bertz CT molecular complexity index is 866. The molecule has 0 unspecified atom stereocenters. The predicted octanol–water partition coefficient (Wildman–Crippen LogP) is 7.31. The van der Waals surface area contributed by atoms with E-state index in [9.17, 15) is 0 Å². The Labute approximate surface area is 171 Å². The van der Waals surface area contributed by atoms with E-state index in [4.69, 9.17) is 0 Å². The van der Waals surface area contributed by atoms with Gasteiger partial charge in [-0.25, -0.2) is 0 Å². The second-order valence-corrected chi connectivity index (χ2v) is 7.17. The standard InChI is InChI=1S/C25H27N.C2H6/c1-18(2)16-23-19(3)20(4)24(17-26-5)25(23,21-12-8-6-9-13-21)22-14-10-7-11-15-22;1-2/h6-17H,1-5H3;1-2H3. The van der Waals surface area contributed by atoms with Gasteiger partial charge in [-0.1, -0.05) is 86.2 Å². The number of aliphatic imine (C=N–C) groups is 1. The third-order valence-corrected chi connectivity index (χ3v) is 5.28. The van der Waals surface area contributed by atoms with Crippen LogP contribution in [0.3, 0.4) is 0 Å². The van der Waals surface area contributed by atoms with Crippen molar-refractivity contribution in [3.05, 3.63) is 106 Å². The fourth-order valence-electron chi connectivity index (χ4n) is 4.10. The van der Waals surface area contributed by atoms with E-state index in [1.54, 1.807) is 0 Å². The van der Waals surface area contributed by atoms with Crippen LogP contribution >= 0.6 is 0 Å². The van der Waals surface area contributed by atoms with Gasteiger partial charge in [0.15, 0.2) is 0 Å². The van der Waals surface area contributed by atoms with Crippen LogP contribution in [0.1, 0.15) is 52.7 Å². The first-order valence-electron chi connectivity index (χ1n) is 10.1. The number of benzene rings is 2. The van der Waals surface area contributed by atoms with Crippen molar-refractivity contribution in [2.45, 2.75) is 47.0 Å². The predicted molar refractivity (Wildman–Crippen MR) is 124 cm³/mol. The monoisotopic (exact) mass is 371 g/mol. The van der Waals surface area contributed by atoms with E-state index in [-0.39, 0.29) is 5.41 Å². The lowest BCUT2D eigenvalue weighted by Gasteiger charge is -2.35.